The highest BCUT2D eigenvalue weighted by molar-refractivity contribution is 5.82. The van der Waals surface area contributed by atoms with Crippen molar-refractivity contribution in [1.29, 1.82) is 0 Å². The van der Waals surface area contributed by atoms with Gasteiger partial charge in [-0.3, -0.25) is 4.79 Å². The predicted molar refractivity (Wildman–Crippen MR) is 110 cm³/mol. The molecule has 180 valence electrons. The maximum atomic E-state index is 12.2. The number of aliphatic hydroxyl groups excluding tert-OH is 4. The third-order valence-corrected chi connectivity index (χ3v) is 5.39. The standard InChI is InChI=1S/C21H25NO11/c1-9-5-16(27)31-15-6-11(3-4-12(9)15)32-21(20(29)30)7-13(25)17(22-10(2)24)19(33-21)18(28)14(26)8-23/h3-6,13-14,17-19,23,25-26,28H,7-8H2,1-2H3,(H,22,24)(H,29,30)/t13-,14+,17+,18+,19+,21?/m0/s1. The van der Waals surface area contributed by atoms with Gasteiger partial charge >= 0.3 is 17.4 Å². The molecular formula is C21H25NO11. The van der Waals surface area contributed by atoms with Crippen molar-refractivity contribution in [2.24, 2.45) is 0 Å². The Morgan fingerprint density at radius 1 is 1.30 bits per heavy atom. The van der Waals surface area contributed by atoms with Crippen LogP contribution < -0.4 is 15.7 Å². The summed E-state index contributed by atoms with van der Waals surface area (Å²) in [6.45, 7) is 1.94. The lowest BCUT2D eigenvalue weighted by Crippen LogP contribution is -2.68. The molecule has 0 saturated carbocycles. The van der Waals surface area contributed by atoms with Gasteiger partial charge in [-0.25, -0.2) is 9.59 Å². The molecule has 0 spiro atoms. The molecule has 6 atom stereocenters. The number of benzene rings is 1. The first-order valence-corrected chi connectivity index (χ1v) is 10.0. The number of aliphatic hydroxyl groups is 4. The summed E-state index contributed by atoms with van der Waals surface area (Å²) in [5.41, 5.74) is 0.135. The zero-order valence-electron chi connectivity index (χ0n) is 17.8. The van der Waals surface area contributed by atoms with E-state index in [0.29, 0.717) is 10.9 Å². The Bertz CT molecular complexity index is 1100. The first-order chi connectivity index (χ1) is 15.5. The Balaban J connectivity index is 2.01. The highest BCUT2D eigenvalue weighted by Gasteiger charge is 2.56. The molecule has 2 aromatic rings. The van der Waals surface area contributed by atoms with Gasteiger partial charge in [0, 0.05) is 24.4 Å². The lowest BCUT2D eigenvalue weighted by molar-refractivity contribution is -0.284. The maximum absolute atomic E-state index is 12.2. The summed E-state index contributed by atoms with van der Waals surface area (Å²) in [4.78, 5) is 35.5. The van der Waals surface area contributed by atoms with Crippen molar-refractivity contribution < 1.29 is 49.0 Å². The Kier molecular flexibility index (Phi) is 7.05. The second-order valence-electron chi connectivity index (χ2n) is 7.89. The molecule has 12 nitrogen and oxygen atoms in total. The molecule has 1 aromatic heterocycles. The first-order valence-electron chi connectivity index (χ1n) is 10.0. The van der Waals surface area contributed by atoms with Crippen LogP contribution in [-0.4, -0.2) is 80.3 Å². The average molecular weight is 467 g/mol. The smallest absolute Gasteiger partial charge is 0.377 e. The fraction of sp³-hybridized carbons (Fsp3) is 0.476. The van der Waals surface area contributed by atoms with Gasteiger partial charge in [0.2, 0.25) is 5.91 Å². The van der Waals surface area contributed by atoms with Crippen LogP contribution in [0.2, 0.25) is 0 Å². The average Bonchev–Trinajstić information content (AvgIpc) is 2.73. The Morgan fingerprint density at radius 2 is 2.00 bits per heavy atom. The van der Waals surface area contributed by atoms with Crippen LogP contribution in [0.3, 0.4) is 0 Å². The topological polar surface area (TPSA) is 196 Å². The Morgan fingerprint density at radius 3 is 2.61 bits per heavy atom. The van der Waals surface area contributed by atoms with Gasteiger partial charge in [0.05, 0.1) is 25.2 Å². The molecule has 1 aromatic carbocycles. The fourth-order valence-corrected chi connectivity index (χ4v) is 3.79. The molecule has 1 aliphatic rings. The second kappa shape index (κ2) is 9.45. The zero-order valence-corrected chi connectivity index (χ0v) is 17.8. The van der Waals surface area contributed by atoms with Crippen molar-refractivity contribution >= 4 is 22.8 Å². The van der Waals surface area contributed by atoms with Crippen LogP contribution in [0.4, 0.5) is 0 Å². The Labute approximate surface area is 187 Å². The number of carbonyl (C=O) groups is 2. The molecule has 1 saturated heterocycles. The van der Waals surface area contributed by atoms with Crippen molar-refractivity contribution in [2.75, 3.05) is 6.61 Å². The van der Waals surface area contributed by atoms with E-state index in [9.17, 15) is 39.9 Å². The van der Waals surface area contributed by atoms with Gasteiger partial charge in [0.15, 0.2) is 0 Å². The number of carboxylic acids is 1. The molecule has 12 heteroatoms. The van der Waals surface area contributed by atoms with E-state index < -0.39 is 66.8 Å². The molecule has 1 amide bonds. The van der Waals surface area contributed by atoms with E-state index >= 15 is 0 Å². The van der Waals surface area contributed by atoms with Gasteiger partial charge in [-0.15, -0.1) is 0 Å². The summed E-state index contributed by atoms with van der Waals surface area (Å²) in [6, 6.07) is 4.21. The number of hydrogen-bond acceptors (Lipinski definition) is 10. The second-order valence-corrected chi connectivity index (χ2v) is 7.89. The number of amides is 1. The van der Waals surface area contributed by atoms with Crippen LogP contribution in [-0.2, 0) is 14.3 Å². The van der Waals surface area contributed by atoms with Crippen LogP contribution in [0.1, 0.15) is 18.9 Å². The van der Waals surface area contributed by atoms with E-state index in [0.717, 1.165) is 6.92 Å². The van der Waals surface area contributed by atoms with E-state index in [4.69, 9.17) is 13.9 Å². The van der Waals surface area contributed by atoms with Crippen LogP contribution in [0.5, 0.6) is 5.75 Å². The molecule has 0 bridgehead atoms. The van der Waals surface area contributed by atoms with E-state index in [1.807, 2.05) is 0 Å². The minimum absolute atomic E-state index is 0.0835. The summed E-state index contributed by atoms with van der Waals surface area (Å²) in [6.07, 6.45) is -7.56. The van der Waals surface area contributed by atoms with Gasteiger partial charge in [0.25, 0.3) is 0 Å². The zero-order chi connectivity index (χ0) is 24.5. The molecule has 1 fully saturated rings. The Hall–Kier alpha value is -3.03. The third kappa shape index (κ3) is 4.99. The SMILES string of the molecule is CC(=O)N[C@H]1[C@H]([C@H](O)[C@H](O)CO)OC(Oc2ccc3c(C)cc(=O)oc3c2)(C(=O)O)C[C@@H]1O. The summed E-state index contributed by atoms with van der Waals surface area (Å²) >= 11 is 0. The number of aryl methyl sites for hydroxylation is 1. The molecule has 3 rings (SSSR count). The highest BCUT2D eigenvalue weighted by Crippen LogP contribution is 2.35. The van der Waals surface area contributed by atoms with Gasteiger partial charge in [0.1, 0.15) is 29.6 Å². The number of carbonyl (C=O) groups excluding carboxylic acids is 1. The lowest BCUT2D eigenvalue weighted by Gasteiger charge is -2.46. The number of ether oxygens (including phenoxy) is 2. The van der Waals surface area contributed by atoms with Crippen molar-refractivity contribution in [3.05, 3.63) is 40.2 Å². The monoisotopic (exact) mass is 467 g/mol. The highest BCUT2D eigenvalue weighted by atomic mass is 16.7. The molecule has 33 heavy (non-hydrogen) atoms. The number of nitrogens with one attached hydrogen (secondary N) is 1. The lowest BCUT2D eigenvalue weighted by atomic mass is 9.88. The minimum atomic E-state index is -2.55. The molecule has 1 aliphatic heterocycles. The van der Waals surface area contributed by atoms with E-state index in [1.165, 1.54) is 18.2 Å². The molecule has 6 N–H and O–H groups in total. The van der Waals surface area contributed by atoms with E-state index in [1.54, 1.807) is 13.0 Å². The van der Waals surface area contributed by atoms with Crippen LogP contribution >= 0.6 is 0 Å². The van der Waals surface area contributed by atoms with Crippen molar-refractivity contribution in [3.8, 4) is 5.75 Å². The molecule has 0 aliphatic carbocycles. The number of carboxylic acid groups (broad SMARTS) is 1. The minimum Gasteiger partial charge on any atom is -0.476 e. The number of rotatable bonds is 7. The predicted octanol–water partition coefficient (Wildman–Crippen LogP) is -1.37. The summed E-state index contributed by atoms with van der Waals surface area (Å²) in [7, 11) is 0. The van der Waals surface area contributed by atoms with E-state index in [-0.39, 0.29) is 11.3 Å². The van der Waals surface area contributed by atoms with Gasteiger partial charge in [-0.2, -0.15) is 0 Å². The summed E-state index contributed by atoms with van der Waals surface area (Å²) < 4.78 is 16.3. The third-order valence-electron chi connectivity index (χ3n) is 5.39. The normalized spacial score (nSPS) is 27.0. The number of hydrogen-bond donors (Lipinski definition) is 6. The van der Waals surface area contributed by atoms with Crippen molar-refractivity contribution in [3.63, 3.8) is 0 Å². The molecule has 1 unspecified atom stereocenters. The number of aliphatic carboxylic acids is 1. The summed E-state index contributed by atoms with van der Waals surface area (Å²) in [5, 5.41) is 53.0. The van der Waals surface area contributed by atoms with Crippen molar-refractivity contribution in [1.82, 2.24) is 5.32 Å². The van der Waals surface area contributed by atoms with Crippen LogP contribution in [0.15, 0.2) is 33.5 Å². The largest absolute Gasteiger partial charge is 0.476 e. The van der Waals surface area contributed by atoms with Gasteiger partial charge in [-0.1, -0.05) is 0 Å². The van der Waals surface area contributed by atoms with E-state index in [2.05, 4.69) is 5.32 Å². The fourth-order valence-electron chi connectivity index (χ4n) is 3.79. The van der Waals surface area contributed by atoms with Gasteiger partial charge in [-0.05, 0) is 24.6 Å². The molecular weight excluding hydrogens is 442 g/mol. The maximum Gasteiger partial charge on any atom is 0.377 e. The van der Waals surface area contributed by atoms with Crippen LogP contribution in [0.25, 0.3) is 11.0 Å². The summed E-state index contributed by atoms with van der Waals surface area (Å²) in [5.74, 6) is -4.90. The van der Waals surface area contributed by atoms with Crippen molar-refractivity contribution in [2.45, 2.75) is 56.5 Å². The first kappa shape index (κ1) is 24.6. The van der Waals surface area contributed by atoms with Gasteiger partial charge < -0.3 is 44.7 Å². The molecule has 0 radical (unpaired) electrons. The number of fused-ring (bicyclic) bond motifs is 1. The quantitative estimate of drug-likeness (QED) is 0.263. The molecule has 2 heterocycles. The van der Waals surface area contributed by atoms with Crippen LogP contribution in [0, 0.1) is 6.92 Å².